The summed E-state index contributed by atoms with van der Waals surface area (Å²) in [5.74, 6) is 0. The Hall–Kier alpha value is -7.88. The van der Waals surface area contributed by atoms with E-state index in [2.05, 4.69) is 41.0 Å². The molecule has 12 rings (SSSR count). The van der Waals surface area contributed by atoms with Crippen molar-refractivity contribution in [2.75, 3.05) is 4.90 Å². The number of fused-ring (bicyclic) bond motifs is 8. The van der Waals surface area contributed by atoms with Crippen LogP contribution in [-0.4, -0.2) is 4.57 Å². The second-order valence-electron chi connectivity index (χ2n) is 14.4. The summed E-state index contributed by atoms with van der Waals surface area (Å²) < 4.78 is 109. The minimum atomic E-state index is -0.679. The normalized spacial score (nSPS) is 14.3. The molecule has 0 unspecified atom stereocenters. The van der Waals surface area contributed by atoms with Crippen LogP contribution in [0.1, 0.15) is 15.1 Å². The molecule has 3 nitrogen and oxygen atoms in total. The van der Waals surface area contributed by atoms with E-state index in [-0.39, 0.29) is 22.0 Å². The van der Waals surface area contributed by atoms with Gasteiger partial charge in [-0.15, -0.1) is 0 Å². The van der Waals surface area contributed by atoms with Gasteiger partial charge in [0.25, 0.3) is 0 Å². The van der Waals surface area contributed by atoms with Crippen LogP contribution in [0, 0.1) is 0 Å². The number of hydrogen-bond donors (Lipinski definition) is 0. The maximum Gasteiger partial charge on any atom is 0.136 e. The van der Waals surface area contributed by atoms with Gasteiger partial charge in [0.1, 0.15) is 11.2 Å². The van der Waals surface area contributed by atoms with Crippen molar-refractivity contribution in [3.63, 3.8) is 0 Å². The fourth-order valence-corrected chi connectivity index (χ4v) is 8.52. The van der Waals surface area contributed by atoms with E-state index < -0.39 is 72.0 Å². The molecular weight excluding hydrogens is 717 g/mol. The van der Waals surface area contributed by atoms with Crippen LogP contribution in [0.2, 0.25) is 0 Å². The molecule has 2 heterocycles. The molecule has 3 heteroatoms. The van der Waals surface area contributed by atoms with Crippen LogP contribution in [0.15, 0.2) is 223 Å². The number of nitrogens with zero attached hydrogens (tertiary/aromatic N) is 2. The van der Waals surface area contributed by atoms with E-state index in [0.29, 0.717) is 28.1 Å². The van der Waals surface area contributed by atoms with Crippen molar-refractivity contribution in [1.29, 1.82) is 0 Å². The summed E-state index contributed by atoms with van der Waals surface area (Å²) in [4.78, 5) is 1.70. The molecule has 276 valence electrons. The maximum atomic E-state index is 9.85. The van der Waals surface area contributed by atoms with E-state index in [1.54, 1.807) is 4.90 Å². The van der Waals surface area contributed by atoms with Crippen molar-refractivity contribution in [3.8, 4) is 27.9 Å². The number of anilines is 3. The third kappa shape index (κ3) is 5.36. The zero-order chi connectivity index (χ0) is 48.4. The van der Waals surface area contributed by atoms with Crippen LogP contribution in [0.5, 0.6) is 0 Å². The van der Waals surface area contributed by atoms with E-state index in [9.17, 15) is 5.48 Å². The largest absolute Gasteiger partial charge is 0.456 e. The molecule has 0 bridgehead atoms. The highest BCUT2D eigenvalue weighted by atomic mass is 16.3. The first-order valence-electron chi connectivity index (χ1n) is 24.8. The number of para-hydroxylation sites is 3. The quantitative estimate of drug-likeness (QED) is 0.168. The Labute approximate surface area is 356 Å². The Kier molecular flexibility index (Phi) is 5.44. The van der Waals surface area contributed by atoms with Crippen LogP contribution in [0.3, 0.4) is 0 Å². The smallest absolute Gasteiger partial charge is 0.136 e. The summed E-state index contributed by atoms with van der Waals surface area (Å²) in [6, 6.07) is 42.8. The van der Waals surface area contributed by atoms with Crippen LogP contribution in [0.25, 0.3) is 93.2 Å². The Balaban J connectivity index is 1.13. The molecule has 10 aromatic carbocycles. The molecule has 0 saturated carbocycles. The fourth-order valence-electron chi connectivity index (χ4n) is 8.52. The van der Waals surface area contributed by atoms with E-state index in [4.69, 9.17) is 14.0 Å². The minimum Gasteiger partial charge on any atom is -0.456 e. The van der Waals surface area contributed by atoms with Gasteiger partial charge in [-0.05, 0) is 111 Å². The summed E-state index contributed by atoms with van der Waals surface area (Å²) in [6.45, 7) is 0. The molecule has 0 amide bonds. The number of furan rings is 1. The average molecular weight is 764 g/mol. The molecule has 0 spiro atoms. The molecule has 0 saturated heterocycles. The van der Waals surface area contributed by atoms with E-state index in [0.717, 1.165) is 54.6 Å². The summed E-state index contributed by atoms with van der Waals surface area (Å²) in [5.41, 5.74) is 5.74. The Morgan fingerprint density at radius 1 is 0.424 bits per heavy atom. The molecular formula is C56H36N2O. The Bertz CT molecular complexity index is 4130. The maximum absolute atomic E-state index is 9.85. The summed E-state index contributed by atoms with van der Waals surface area (Å²) in [6.07, 6.45) is 0. The van der Waals surface area contributed by atoms with Crippen molar-refractivity contribution >= 4 is 82.4 Å². The van der Waals surface area contributed by atoms with Crippen molar-refractivity contribution in [2.24, 2.45) is 0 Å². The topological polar surface area (TPSA) is 21.3 Å². The predicted molar refractivity (Wildman–Crippen MR) is 249 cm³/mol. The highest BCUT2D eigenvalue weighted by Crippen LogP contribution is 2.46. The standard InChI is InChI=1S/C56H36N2O/c1-2-15-40-36-55-50(35-39(40)14-1)56-49(22-12-26-54(56)59-55)48-20-7-8-23-51(48)57(41-29-27-38(28-30-41)45-21-11-16-37-13-3-4-17-44(37)45)42-31-33-43(34-32-42)58-52-24-9-5-18-46(52)47-19-6-10-25-53(47)58/h1-36H/i3D,4D,11D,13D,16D,17D,21D,27D,28D,29D,30D. The first-order chi connectivity index (χ1) is 33.8. The third-order valence-corrected chi connectivity index (χ3v) is 11.1. The Morgan fingerprint density at radius 3 is 1.88 bits per heavy atom. The van der Waals surface area contributed by atoms with Gasteiger partial charge in [-0.3, -0.25) is 0 Å². The molecule has 0 radical (unpaired) electrons. The van der Waals surface area contributed by atoms with Crippen LogP contribution in [0.4, 0.5) is 17.1 Å². The van der Waals surface area contributed by atoms with E-state index >= 15 is 0 Å². The first kappa shape index (κ1) is 24.0. The monoisotopic (exact) mass is 763 g/mol. The van der Waals surface area contributed by atoms with Gasteiger partial charge in [-0.25, -0.2) is 0 Å². The lowest BCUT2D eigenvalue weighted by molar-refractivity contribution is 0.669. The molecule has 12 aromatic rings. The predicted octanol–water partition coefficient (Wildman–Crippen LogP) is 15.8. The summed E-state index contributed by atoms with van der Waals surface area (Å²) in [7, 11) is 0. The number of rotatable bonds is 6. The molecule has 0 fully saturated rings. The van der Waals surface area contributed by atoms with Crippen molar-refractivity contribution in [2.45, 2.75) is 0 Å². The zero-order valence-electron chi connectivity index (χ0n) is 42.2. The average Bonchev–Trinajstić information content (AvgIpc) is 3.92. The van der Waals surface area contributed by atoms with Gasteiger partial charge in [0, 0.05) is 44.2 Å². The second-order valence-corrected chi connectivity index (χ2v) is 14.4. The van der Waals surface area contributed by atoms with Gasteiger partial charge < -0.3 is 13.9 Å². The lowest BCUT2D eigenvalue weighted by Crippen LogP contribution is -2.11. The van der Waals surface area contributed by atoms with Gasteiger partial charge >= 0.3 is 0 Å². The Morgan fingerprint density at radius 2 is 1.08 bits per heavy atom. The van der Waals surface area contributed by atoms with Gasteiger partial charge in [0.05, 0.1) is 31.8 Å². The zero-order valence-corrected chi connectivity index (χ0v) is 31.2. The van der Waals surface area contributed by atoms with Crippen molar-refractivity contribution in [1.82, 2.24) is 4.57 Å². The SMILES string of the molecule is [2H]c1c([2H])c(N(c2ccc(-n3c4ccccc4c4ccccc43)cc2)c2ccccc2-c2cccc3oc4cc5ccccc5cc4c23)c([2H])c([2H])c1-c1c([2H])c([2H])c([2H])c2c([2H])c([2H])c([2H])c([2H])c12. The van der Waals surface area contributed by atoms with Crippen molar-refractivity contribution < 1.29 is 19.5 Å². The second kappa shape index (κ2) is 13.4. The molecule has 0 N–H and O–H groups in total. The lowest BCUT2D eigenvalue weighted by atomic mass is 9.95. The van der Waals surface area contributed by atoms with Crippen LogP contribution < -0.4 is 4.90 Å². The minimum absolute atomic E-state index is 0.132. The molecule has 0 atom stereocenters. The van der Waals surface area contributed by atoms with E-state index in [1.807, 2.05) is 115 Å². The highest BCUT2D eigenvalue weighted by Gasteiger charge is 2.21. The van der Waals surface area contributed by atoms with Gasteiger partial charge in [0.2, 0.25) is 0 Å². The van der Waals surface area contributed by atoms with Gasteiger partial charge in [-0.2, -0.15) is 0 Å². The van der Waals surface area contributed by atoms with Crippen LogP contribution in [-0.2, 0) is 0 Å². The summed E-state index contributed by atoms with van der Waals surface area (Å²) >= 11 is 0. The molecule has 0 aliphatic carbocycles. The number of aromatic nitrogens is 1. The summed E-state index contributed by atoms with van der Waals surface area (Å²) in [5, 5.41) is 5.28. The highest BCUT2D eigenvalue weighted by molar-refractivity contribution is 6.17. The number of hydrogen-bond acceptors (Lipinski definition) is 2. The van der Waals surface area contributed by atoms with Crippen LogP contribution >= 0.6 is 0 Å². The molecule has 0 aliphatic rings. The van der Waals surface area contributed by atoms with Gasteiger partial charge in [0.15, 0.2) is 0 Å². The number of benzene rings is 10. The van der Waals surface area contributed by atoms with E-state index in [1.165, 1.54) is 0 Å². The molecule has 2 aromatic heterocycles. The fraction of sp³-hybridized carbons (Fsp3) is 0. The molecule has 59 heavy (non-hydrogen) atoms. The van der Waals surface area contributed by atoms with Crippen molar-refractivity contribution in [3.05, 3.63) is 218 Å². The lowest BCUT2D eigenvalue weighted by Gasteiger charge is -2.28. The first-order valence-corrected chi connectivity index (χ1v) is 19.3. The van der Waals surface area contributed by atoms with Gasteiger partial charge in [-0.1, -0.05) is 145 Å². The molecule has 0 aliphatic heterocycles. The third-order valence-electron chi connectivity index (χ3n) is 11.1.